The molecule has 2 aromatic rings. The standard InChI is InChI=1S/C16H12F4N2O2/c17-12-4-1-10(2-5-12)15(23)22-8-13(9-22)24-14-6-3-11(7-21-14)16(18,19)20/h1-7,13H,8-9H2. The minimum absolute atomic E-state index is 0.0712. The maximum Gasteiger partial charge on any atom is 0.417 e. The van der Waals surface area contributed by atoms with Gasteiger partial charge in [0.05, 0.1) is 18.7 Å². The largest absolute Gasteiger partial charge is 0.471 e. The van der Waals surface area contributed by atoms with Gasteiger partial charge in [-0.3, -0.25) is 4.79 Å². The number of likely N-dealkylation sites (tertiary alicyclic amines) is 1. The fourth-order valence-electron chi connectivity index (χ4n) is 2.24. The predicted octanol–water partition coefficient (Wildman–Crippen LogP) is 3.14. The van der Waals surface area contributed by atoms with Gasteiger partial charge in [-0.25, -0.2) is 9.37 Å². The van der Waals surface area contributed by atoms with Gasteiger partial charge in [0.25, 0.3) is 5.91 Å². The minimum atomic E-state index is -4.44. The van der Waals surface area contributed by atoms with E-state index in [0.29, 0.717) is 24.8 Å². The molecule has 1 aliphatic rings. The molecular formula is C16H12F4N2O2. The average molecular weight is 340 g/mol. The van der Waals surface area contributed by atoms with Crippen molar-refractivity contribution in [2.75, 3.05) is 13.1 Å². The van der Waals surface area contributed by atoms with Crippen LogP contribution in [0.5, 0.6) is 5.88 Å². The number of rotatable bonds is 3. The highest BCUT2D eigenvalue weighted by atomic mass is 19.4. The second-order valence-electron chi connectivity index (χ2n) is 5.34. The van der Waals surface area contributed by atoms with Crippen LogP contribution in [0.4, 0.5) is 17.6 Å². The molecule has 0 atom stereocenters. The smallest absolute Gasteiger partial charge is 0.417 e. The molecule has 2 heterocycles. The third-order valence-corrected chi connectivity index (χ3v) is 3.58. The van der Waals surface area contributed by atoms with Gasteiger partial charge in [0.1, 0.15) is 11.9 Å². The summed E-state index contributed by atoms with van der Waals surface area (Å²) in [5.74, 6) is -0.609. The first-order valence-electron chi connectivity index (χ1n) is 7.07. The van der Waals surface area contributed by atoms with Gasteiger partial charge in [0.2, 0.25) is 5.88 Å². The van der Waals surface area contributed by atoms with Crippen molar-refractivity contribution < 1.29 is 27.1 Å². The molecule has 0 aliphatic carbocycles. The molecule has 3 rings (SSSR count). The summed E-state index contributed by atoms with van der Waals surface area (Å²) in [5, 5.41) is 0. The van der Waals surface area contributed by atoms with Gasteiger partial charge >= 0.3 is 6.18 Å². The number of amides is 1. The molecule has 4 nitrogen and oxygen atoms in total. The molecule has 1 aromatic carbocycles. The number of halogens is 4. The van der Waals surface area contributed by atoms with E-state index in [2.05, 4.69) is 4.98 Å². The van der Waals surface area contributed by atoms with E-state index in [9.17, 15) is 22.4 Å². The molecule has 24 heavy (non-hydrogen) atoms. The fourth-order valence-corrected chi connectivity index (χ4v) is 2.24. The van der Waals surface area contributed by atoms with E-state index in [0.717, 1.165) is 12.1 Å². The Balaban J connectivity index is 1.53. The summed E-state index contributed by atoms with van der Waals surface area (Å²) in [6.07, 6.45) is -4.07. The van der Waals surface area contributed by atoms with Crippen LogP contribution in [-0.4, -0.2) is 35.0 Å². The lowest BCUT2D eigenvalue weighted by atomic mass is 10.1. The summed E-state index contributed by atoms with van der Waals surface area (Å²) in [4.78, 5) is 17.2. The van der Waals surface area contributed by atoms with Crippen LogP contribution in [0.25, 0.3) is 0 Å². The normalized spacial score (nSPS) is 15.1. The van der Waals surface area contributed by atoms with Crippen molar-refractivity contribution in [2.24, 2.45) is 0 Å². The summed E-state index contributed by atoms with van der Waals surface area (Å²) in [6.45, 7) is 0.581. The number of nitrogens with zero attached hydrogens (tertiary/aromatic N) is 2. The number of hydrogen-bond acceptors (Lipinski definition) is 3. The zero-order valence-corrected chi connectivity index (χ0v) is 12.3. The third kappa shape index (κ3) is 3.47. The van der Waals surface area contributed by atoms with Crippen molar-refractivity contribution in [3.63, 3.8) is 0 Å². The molecule has 0 spiro atoms. The molecule has 126 valence electrons. The predicted molar refractivity (Wildman–Crippen MR) is 76.0 cm³/mol. The van der Waals surface area contributed by atoms with E-state index in [4.69, 9.17) is 4.74 Å². The lowest BCUT2D eigenvalue weighted by Gasteiger charge is -2.38. The molecule has 0 bridgehead atoms. The highest BCUT2D eigenvalue weighted by Gasteiger charge is 2.34. The van der Waals surface area contributed by atoms with Crippen LogP contribution >= 0.6 is 0 Å². The van der Waals surface area contributed by atoms with Gasteiger partial charge in [-0.15, -0.1) is 0 Å². The molecule has 0 radical (unpaired) electrons. The van der Waals surface area contributed by atoms with Crippen molar-refractivity contribution in [3.8, 4) is 5.88 Å². The molecule has 0 N–H and O–H groups in total. The monoisotopic (exact) mass is 340 g/mol. The molecule has 1 amide bonds. The number of carbonyl (C=O) groups is 1. The average Bonchev–Trinajstić information content (AvgIpc) is 2.50. The Morgan fingerprint density at radius 1 is 1.12 bits per heavy atom. The first-order valence-corrected chi connectivity index (χ1v) is 7.07. The van der Waals surface area contributed by atoms with E-state index >= 15 is 0 Å². The van der Waals surface area contributed by atoms with Gasteiger partial charge in [0.15, 0.2) is 0 Å². The number of pyridine rings is 1. The van der Waals surface area contributed by atoms with Crippen molar-refractivity contribution in [3.05, 3.63) is 59.5 Å². The maximum absolute atomic E-state index is 12.8. The van der Waals surface area contributed by atoms with Crippen LogP contribution in [-0.2, 0) is 6.18 Å². The van der Waals surface area contributed by atoms with Gasteiger partial charge < -0.3 is 9.64 Å². The van der Waals surface area contributed by atoms with Gasteiger partial charge in [0, 0.05) is 17.8 Å². The van der Waals surface area contributed by atoms with E-state index in [1.54, 1.807) is 0 Å². The molecule has 1 aliphatic heterocycles. The summed E-state index contributed by atoms with van der Waals surface area (Å²) in [7, 11) is 0. The molecule has 0 saturated carbocycles. The second-order valence-corrected chi connectivity index (χ2v) is 5.34. The number of alkyl halides is 3. The molecule has 1 aromatic heterocycles. The van der Waals surface area contributed by atoms with Crippen molar-refractivity contribution in [1.29, 1.82) is 0 Å². The molecule has 1 saturated heterocycles. The lowest BCUT2D eigenvalue weighted by molar-refractivity contribution is -0.137. The van der Waals surface area contributed by atoms with Crippen LogP contribution in [0, 0.1) is 5.82 Å². The van der Waals surface area contributed by atoms with Crippen LogP contribution in [0.1, 0.15) is 15.9 Å². The molecule has 8 heteroatoms. The summed E-state index contributed by atoms with van der Waals surface area (Å²) >= 11 is 0. The molecular weight excluding hydrogens is 328 g/mol. The maximum atomic E-state index is 12.8. The van der Waals surface area contributed by atoms with Crippen molar-refractivity contribution >= 4 is 5.91 Å². The quantitative estimate of drug-likeness (QED) is 0.806. The summed E-state index contributed by atoms with van der Waals surface area (Å²) < 4.78 is 55.6. The summed E-state index contributed by atoms with van der Waals surface area (Å²) in [6, 6.07) is 7.22. The number of aromatic nitrogens is 1. The van der Waals surface area contributed by atoms with E-state index in [1.807, 2.05) is 0 Å². The van der Waals surface area contributed by atoms with Crippen LogP contribution in [0.3, 0.4) is 0 Å². The SMILES string of the molecule is O=C(c1ccc(F)cc1)N1CC(Oc2ccc(C(F)(F)F)cn2)C1. The topological polar surface area (TPSA) is 42.4 Å². The van der Waals surface area contributed by atoms with E-state index < -0.39 is 17.6 Å². The number of carbonyl (C=O) groups excluding carboxylic acids is 1. The Hall–Kier alpha value is -2.64. The fraction of sp³-hybridized carbons (Fsp3) is 0.250. The number of hydrogen-bond donors (Lipinski definition) is 0. The van der Waals surface area contributed by atoms with E-state index in [1.165, 1.54) is 29.2 Å². The highest BCUT2D eigenvalue weighted by Crippen LogP contribution is 2.29. The Morgan fingerprint density at radius 3 is 2.33 bits per heavy atom. The lowest BCUT2D eigenvalue weighted by Crippen LogP contribution is -2.56. The highest BCUT2D eigenvalue weighted by molar-refractivity contribution is 5.94. The van der Waals surface area contributed by atoms with Crippen molar-refractivity contribution in [2.45, 2.75) is 12.3 Å². The first kappa shape index (κ1) is 16.2. The van der Waals surface area contributed by atoms with Crippen LogP contribution in [0.15, 0.2) is 42.6 Å². The van der Waals surface area contributed by atoms with Gasteiger partial charge in [-0.2, -0.15) is 13.2 Å². The Morgan fingerprint density at radius 2 is 1.79 bits per heavy atom. The molecule has 0 unspecified atom stereocenters. The molecule has 1 fully saturated rings. The number of ether oxygens (including phenoxy) is 1. The number of benzene rings is 1. The Kier molecular flexibility index (Phi) is 4.13. The Bertz CT molecular complexity index is 723. The minimum Gasteiger partial charge on any atom is -0.471 e. The third-order valence-electron chi connectivity index (χ3n) is 3.58. The second kappa shape index (κ2) is 6.10. The van der Waals surface area contributed by atoms with Crippen LogP contribution in [0.2, 0.25) is 0 Å². The zero-order chi connectivity index (χ0) is 17.3. The van der Waals surface area contributed by atoms with Crippen molar-refractivity contribution in [1.82, 2.24) is 9.88 Å². The summed E-state index contributed by atoms with van der Waals surface area (Å²) in [5.41, 5.74) is -0.487. The first-order chi connectivity index (χ1) is 11.3. The zero-order valence-electron chi connectivity index (χ0n) is 12.3. The van der Waals surface area contributed by atoms with Crippen LogP contribution < -0.4 is 4.74 Å². The van der Waals surface area contributed by atoms with E-state index in [-0.39, 0.29) is 17.9 Å². The van der Waals surface area contributed by atoms with Gasteiger partial charge in [-0.05, 0) is 30.3 Å². The van der Waals surface area contributed by atoms with Gasteiger partial charge in [-0.1, -0.05) is 0 Å². The Labute approximate surface area is 134 Å².